The fourth-order valence-electron chi connectivity index (χ4n) is 3.18. The lowest BCUT2D eigenvalue weighted by atomic mass is 10.1. The molecule has 0 saturated carbocycles. The normalized spacial score (nSPS) is 10.8. The van der Waals surface area contributed by atoms with Crippen molar-refractivity contribution in [1.82, 2.24) is 15.0 Å². The molecule has 4 aromatic rings. The highest BCUT2D eigenvalue weighted by Gasteiger charge is 2.25. The number of carbonyl (C=O) groups is 1. The Hall–Kier alpha value is -4.67. The van der Waals surface area contributed by atoms with E-state index in [1.54, 1.807) is 18.2 Å². The molecule has 32 heavy (non-hydrogen) atoms. The Kier molecular flexibility index (Phi) is 5.07. The molecule has 0 bridgehead atoms. The van der Waals surface area contributed by atoms with Crippen LogP contribution in [0.3, 0.4) is 0 Å². The smallest absolute Gasteiger partial charge is 0.279 e. The van der Waals surface area contributed by atoms with E-state index < -0.39 is 27.1 Å². The molecule has 3 aromatic carbocycles. The van der Waals surface area contributed by atoms with E-state index in [4.69, 9.17) is 0 Å². The van der Waals surface area contributed by atoms with Crippen molar-refractivity contribution in [1.29, 1.82) is 0 Å². The molecule has 0 radical (unpaired) electrons. The number of carbonyl (C=O) groups excluding carboxylic acids is 1. The number of benzene rings is 3. The fraction of sp³-hybridized carbons (Fsp3) is 0.0952. The Labute approximate surface area is 180 Å². The van der Waals surface area contributed by atoms with Gasteiger partial charge >= 0.3 is 0 Å². The summed E-state index contributed by atoms with van der Waals surface area (Å²) in [7, 11) is 0. The van der Waals surface area contributed by atoms with E-state index in [2.05, 4.69) is 15.5 Å². The lowest BCUT2D eigenvalue weighted by Gasteiger charge is -2.06. The van der Waals surface area contributed by atoms with Crippen molar-refractivity contribution in [2.24, 2.45) is 0 Å². The van der Waals surface area contributed by atoms with E-state index in [1.165, 1.54) is 11.7 Å². The maximum atomic E-state index is 12.7. The van der Waals surface area contributed by atoms with Gasteiger partial charge in [-0.2, -0.15) is 4.80 Å². The first kappa shape index (κ1) is 20.6. The highest BCUT2D eigenvalue weighted by atomic mass is 16.6. The van der Waals surface area contributed by atoms with E-state index in [9.17, 15) is 25.0 Å². The molecule has 0 atom stereocenters. The number of nitrogens with one attached hydrogen (secondary N) is 1. The van der Waals surface area contributed by atoms with Crippen LogP contribution in [-0.2, 0) is 0 Å². The summed E-state index contributed by atoms with van der Waals surface area (Å²) in [4.78, 5) is 35.1. The minimum absolute atomic E-state index is 0.120. The van der Waals surface area contributed by atoms with Gasteiger partial charge in [0.05, 0.1) is 21.1 Å². The topological polar surface area (TPSA) is 146 Å². The summed E-state index contributed by atoms with van der Waals surface area (Å²) >= 11 is 0. The van der Waals surface area contributed by atoms with Gasteiger partial charge in [0.25, 0.3) is 17.3 Å². The van der Waals surface area contributed by atoms with Crippen molar-refractivity contribution >= 4 is 34.0 Å². The summed E-state index contributed by atoms with van der Waals surface area (Å²) in [5.41, 5.74) is 2.05. The molecule has 0 spiro atoms. The summed E-state index contributed by atoms with van der Waals surface area (Å²) in [6, 6.07) is 14.6. The first-order valence-electron chi connectivity index (χ1n) is 9.42. The van der Waals surface area contributed by atoms with Crippen molar-refractivity contribution < 1.29 is 14.6 Å². The Bertz CT molecular complexity index is 1360. The maximum absolute atomic E-state index is 12.7. The summed E-state index contributed by atoms with van der Waals surface area (Å²) in [6.07, 6.45) is 0. The molecule has 0 aliphatic rings. The standard InChI is InChI=1S/C21H16N6O5/c1-12-3-6-16(7-4-12)25-23-17-8-5-15(11-18(17)24-25)22-21(28)14-9-19(26(29)30)13(2)20(10-14)27(31)32/h3-11H,1-2H3,(H,22,28). The third-order valence-corrected chi connectivity index (χ3v) is 4.91. The molecule has 11 heteroatoms. The predicted octanol–water partition coefficient (Wildman–Crippen LogP) is 4.11. The zero-order chi connectivity index (χ0) is 23.0. The van der Waals surface area contributed by atoms with Crippen LogP contribution in [0, 0.1) is 34.1 Å². The molecule has 0 aliphatic heterocycles. The third-order valence-electron chi connectivity index (χ3n) is 4.91. The lowest BCUT2D eigenvalue weighted by Crippen LogP contribution is -2.13. The van der Waals surface area contributed by atoms with E-state index >= 15 is 0 Å². The monoisotopic (exact) mass is 432 g/mol. The molecule has 1 N–H and O–H groups in total. The Morgan fingerprint density at radius 3 is 2.06 bits per heavy atom. The number of nitrogens with zero attached hydrogens (tertiary/aromatic N) is 5. The number of rotatable bonds is 5. The molecule has 0 unspecified atom stereocenters. The Balaban J connectivity index is 1.64. The molecule has 0 saturated heterocycles. The SMILES string of the molecule is Cc1ccc(-n2nc3ccc(NC(=O)c4cc([N+](=O)[O-])c(C)c([N+](=O)[O-])c4)cc3n2)cc1. The molecule has 11 nitrogen and oxygen atoms in total. The molecule has 1 aromatic heterocycles. The maximum Gasteiger partial charge on any atom is 0.279 e. The minimum atomic E-state index is -0.755. The van der Waals surface area contributed by atoms with Gasteiger partial charge in [-0.25, -0.2) is 0 Å². The van der Waals surface area contributed by atoms with Crippen molar-refractivity contribution in [3.05, 3.63) is 91.5 Å². The van der Waals surface area contributed by atoms with Gasteiger partial charge < -0.3 is 5.32 Å². The summed E-state index contributed by atoms with van der Waals surface area (Å²) < 4.78 is 0. The Morgan fingerprint density at radius 1 is 0.875 bits per heavy atom. The highest BCUT2D eigenvalue weighted by Crippen LogP contribution is 2.30. The second-order valence-corrected chi connectivity index (χ2v) is 7.14. The number of amides is 1. The lowest BCUT2D eigenvalue weighted by molar-refractivity contribution is -0.395. The number of fused-ring (bicyclic) bond motifs is 1. The second kappa shape index (κ2) is 7.87. The number of hydrogen-bond donors (Lipinski definition) is 1. The van der Waals surface area contributed by atoms with Crippen LogP contribution in [0.25, 0.3) is 16.7 Å². The van der Waals surface area contributed by atoms with Crippen LogP contribution in [0.1, 0.15) is 21.5 Å². The first-order chi connectivity index (χ1) is 15.2. The van der Waals surface area contributed by atoms with Gasteiger partial charge in [-0.3, -0.25) is 25.0 Å². The van der Waals surface area contributed by atoms with Crippen LogP contribution in [0.15, 0.2) is 54.6 Å². The number of aromatic nitrogens is 3. The zero-order valence-electron chi connectivity index (χ0n) is 17.0. The van der Waals surface area contributed by atoms with Crippen LogP contribution < -0.4 is 5.32 Å². The number of nitro benzene ring substituents is 2. The van der Waals surface area contributed by atoms with Crippen LogP contribution in [0.5, 0.6) is 0 Å². The number of aryl methyl sites for hydroxylation is 1. The zero-order valence-corrected chi connectivity index (χ0v) is 17.0. The number of nitro groups is 2. The van der Waals surface area contributed by atoms with Gasteiger partial charge in [-0.05, 0) is 44.2 Å². The van der Waals surface area contributed by atoms with Gasteiger partial charge in [0.15, 0.2) is 0 Å². The quantitative estimate of drug-likeness (QED) is 0.369. The van der Waals surface area contributed by atoms with Crippen LogP contribution in [-0.4, -0.2) is 30.7 Å². The molecule has 1 heterocycles. The van der Waals surface area contributed by atoms with E-state index in [1.807, 2.05) is 31.2 Å². The van der Waals surface area contributed by atoms with E-state index in [0.717, 1.165) is 23.4 Å². The van der Waals surface area contributed by atoms with E-state index in [-0.39, 0.29) is 11.1 Å². The van der Waals surface area contributed by atoms with Gasteiger partial charge in [-0.15, -0.1) is 10.2 Å². The van der Waals surface area contributed by atoms with Crippen molar-refractivity contribution in [3.63, 3.8) is 0 Å². The Morgan fingerprint density at radius 2 is 1.47 bits per heavy atom. The van der Waals surface area contributed by atoms with Crippen molar-refractivity contribution in [3.8, 4) is 5.69 Å². The van der Waals surface area contributed by atoms with Gasteiger partial charge in [0.2, 0.25) is 0 Å². The molecular weight excluding hydrogens is 416 g/mol. The molecule has 160 valence electrons. The van der Waals surface area contributed by atoms with Crippen LogP contribution >= 0.6 is 0 Å². The van der Waals surface area contributed by atoms with Crippen molar-refractivity contribution in [2.75, 3.05) is 5.32 Å². The fourth-order valence-corrected chi connectivity index (χ4v) is 3.18. The number of hydrogen-bond acceptors (Lipinski definition) is 7. The highest BCUT2D eigenvalue weighted by molar-refractivity contribution is 6.06. The summed E-state index contributed by atoms with van der Waals surface area (Å²) in [6.45, 7) is 3.24. The van der Waals surface area contributed by atoms with Gasteiger partial charge in [0.1, 0.15) is 16.6 Å². The molecule has 1 amide bonds. The summed E-state index contributed by atoms with van der Waals surface area (Å²) in [5.74, 6) is -0.721. The van der Waals surface area contributed by atoms with E-state index in [0.29, 0.717) is 16.7 Å². The molecule has 0 aliphatic carbocycles. The van der Waals surface area contributed by atoms with Gasteiger partial charge in [0, 0.05) is 17.8 Å². The third kappa shape index (κ3) is 3.86. The molecule has 0 fully saturated rings. The molecule has 4 rings (SSSR count). The first-order valence-corrected chi connectivity index (χ1v) is 9.42. The van der Waals surface area contributed by atoms with Crippen LogP contribution in [0.4, 0.5) is 17.1 Å². The summed E-state index contributed by atoms with van der Waals surface area (Å²) in [5, 5.41) is 33.9. The molecular formula is C21H16N6O5. The largest absolute Gasteiger partial charge is 0.322 e. The van der Waals surface area contributed by atoms with Gasteiger partial charge in [-0.1, -0.05) is 17.7 Å². The predicted molar refractivity (Wildman–Crippen MR) is 116 cm³/mol. The minimum Gasteiger partial charge on any atom is -0.322 e. The average molecular weight is 432 g/mol. The van der Waals surface area contributed by atoms with Crippen molar-refractivity contribution in [2.45, 2.75) is 13.8 Å². The van der Waals surface area contributed by atoms with Crippen LogP contribution in [0.2, 0.25) is 0 Å². The number of anilines is 1. The average Bonchev–Trinajstić information content (AvgIpc) is 3.17. The second-order valence-electron chi connectivity index (χ2n) is 7.14.